The Labute approximate surface area is 175 Å². The number of rotatable bonds is 7. The van der Waals surface area contributed by atoms with Gasteiger partial charge in [0.15, 0.2) is 0 Å². The Hall–Kier alpha value is -2.91. The summed E-state index contributed by atoms with van der Waals surface area (Å²) in [6.07, 6.45) is 5.25. The smallest absolute Gasteiger partial charge is 0.293 e. The molecule has 3 aromatic rings. The molecular formula is C21H24N4O4S. The average molecular weight is 429 g/mol. The first-order valence-corrected chi connectivity index (χ1v) is 11.5. The van der Waals surface area contributed by atoms with Gasteiger partial charge < -0.3 is 10.3 Å². The largest absolute Gasteiger partial charge is 0.379 e. The fourth-order valence-corrected chi connectivity index (χ4v) is 5.43. The van der Waals surface area contributed by atoms with Crippen LogP contribution < -0.4 is 5.32 Å². The number of aromatic amines is 1. The number of nitrogens with zero attached hydrogens (tertiary/aromatic N) is 2. The van der Waals surface area contributed by atoms with Crippen molar-refractivity contribution >= 4 is 32.3 Å². The Morgan fingerprint density at radius 1 is 1.10 bits per heavy atom. The predicted octanol–water partition coefficient (Wildman–Crippen LogP) is 3.91. The third kappa shape index (κ3) is 4.03. The minimum atomic E-state index is -3.72. The second-order valence-corrected chi connectivity index (χ2v) is 9.38. The maximum atomic E-state index is 12.8. The van der Waals surface area contributed by atoms with E-state index in [9.17, 15) is 18.5 Å². The number of nitro groups is 1. The zero-order valence-corrected chi connectivity index (χ0v) is 17.3. The third-order valence-electron chi connectivity index (χ3n) is 5.50. The molecule has 2 heterocycles. The Balaban J connectivity index is 1.51. The van der Waals surface area contributed by atoms with Gasteiger partial charge in [0, 0.05) is 42.8 Å². The van der Waals surface area contributed by atoms with Crippen molar-refractivity contribution in [3.8, 4) is 0 Å². The molecule has 2 N–H and O–H groups in total. The molecule has 1 aliphatic rings. The number of aromatic nitrogens is 1. The summed E-state index contributed by atoms with van der Waals surface area (Å²) in [5.41, 5.74) is 2.25. The third-order valence-corrected chi connectivity index (χ3v) is 7.40. The van der Waals surface area contributed by atoms with Crippen LogP contribution in [0.3, 0.4) is 0 Å². The molecule has 1 aromatic heterocycles. The van der Waals surface area contributed by atoms with Crippen molar-refractivity contribution in [1.82, 2.24) is 9.29 Å². The average Bonchev–Trinajstić information content (AvgIpc) is 3.17. The highest BCUT2D eigenvalue weighted by atomic mass is 32.2. The fraction of sp³-hybridized carbons (Fsp3) is 0.333. The number of anilines is 1. The summed E-state index contributed by atoms with van der Waals surface area (Å²) in [5, 5.41) is 15.8. The number of hydrogen-bond donors (Lipinski definition) is 2. The zero-order valence-electron chi connectivity index (χ0n) is 16.5. The molecular weight excluding hydrogens is 404 g/mol. The number of para-hydroxylation sites is 1. The van der Waals surface area contributed by atoms with Crippen LogP contribution in [0.15, 0.2) is 53.6 Å². The van der Waals surface area contributed by atoms with Crippen molar-refractivity contribution in [2.24, 2.45) is 0 Å². The highest BCUT2D eigenvalue weighted by molar-refractivity contribution is 7.89. The highest BCUT2D eigenvalue weighted by Crippen LogP contribution is 2.30. The summed E-state index contributed by atoms with van der Waals surface area (Å²) in [5.74, 6) is 0. The van der Waals surface area contributed by atoms with Crippen molar-refractivity contribution < 1.29 is 13.3 Å². The van der Waals surface area contributed by atoms with E-state index in [0.717, 1.165) is 41.8 Å². The molecule has 1 aliphatic heterocycles. The maximum absolute atomic E-state index is 12.8. The van der Waals surface area contributed by atoms with Gasteiger partial charge in [-0.2, -0.15) is 4.31 Å². The van der Waals surface area contributed by atoms with Crippen LogP contribution in [0.5, 0.6) is 0 Å². The van der Waals surface area contributed by atoms with E-state index in [2.05, 4.69) is 10.3 Å². The van der Waals surface area contributed by atoms with Crippen molar-refractivity contribution in [1.29, 1.82) is 0 Å². The Bertz CT molecular complexity index is 1170. The fourth-order valence-electron chi connectivity index (χ4n) is 3.90. The Morgan fingerprint density at radius 2 is 1.87 bits per heavy atom. The minimum absolute atomic E-state index is 0.0294. The van der Waals surface area contributed by atoms with Gasteiger partial charge in [-0.1, -0.05) is 24.6 Å². The summed E-state index contributed by atoms with van der Waals surface area (Å²) >= 11 is 0. The summed E-state index contributed by atoms with van der Waals surface area (Å²) in [7, 11) is -3.72. The molecule has 0 spiro atoms. The lowest BCUT2D eigenvalue weighted by Crippen LogP contribution is -2.35. The molecule has 0 atom stereocenters. The van der Waals surface area contributed by atoms with Gasteiger partial charge in [-0.05, 0) is 43.0 Å². The molecule has 8 nitrogen and oxygen atoms in total. The van der Waals surface area contributed by atoms with Crippen LogP contribution >= 0.6 is 0 Å². The van der Waals surface area contributed by atoms with Crippen LogP contribution in [0.4, 0.5) is 11.4 Å². The predicted molar refractivity (Wildman–Crippen MR) is 116 cm³/mol. The van der Waals surface area contributed by atoms with E-state index in [1.807, 2.05) is 30.5 Å². The number of nitro benzene ring substituents is 1. The van der Waals surface area contributed by atoms with Gasteiger partial charge in [-0.3, -0.25) is 10.1 Å². The van der Waals surface area contributed by atoms with E-state index >= 15 is 0 Å². The van der Waals surface area contributed by atoms with Crippen molar-refractivity contribution in [2.75, 3.05) is 25.0 Å². The second-order valence-electron chi connectivity index (χ2n) is 7.44. The van der Waals surface area contributed by atoms with Gasteiger partial charge >= 0.3 is 0 Å². The quantitative estimate of drug-likeness (QED) is 0.438. The Morgan fingerprint density at radius 3 is 2.63 bits per heavy atom. The van der Waals surface area contributed by atoms with Gasteiger partial charge in [0.2, 0.25) is 10.0 Å². The van der Waals surface area contributed by atoms with Crippen LogP contribution in [0.25, 0.3) is 10.9 Å². The molecule has 0 saturated carbocycles. The van der Waals surface area contributed by atoms with Gasteiger partial charge in [0.05, 0.1) is 9.82 Å². The molecule has 0 radical (unpaired) electrons. The zero-order chi connectivity index (χ0) is 21.1. The van der Waals surface area contributed by atoms with Crippen molar-refractivity contribution in [2.45, 2.75) is 30.6 Å². The van der Waals surface area contributed by atoms with Crippen LogP contribution in [0, 0.1) is 10.1 Å². The molecule has 1 fully saturated rings. The van der Waals surface area contributed by atoms with Gasteiger partial charge in [-0.15, -0.1) is 0 Å². The highest BCUT2D eigenvalue weighted by Gasteiger charge is 2.28. The van der Waals surface area contributed by atoms with E-state index in [0.29, 0.717) is 31.7 Å². The van der Waals surface area contributed by atoms with Crippen LogP contribution in [-0.4, -0.2) is 42.3 Å². The molecule has 0 amide bonds. The van der Waals surface area contributed by atoms with Gasteiger partial charge in [0.1, 0.15) is 5.69 Å². The van der Waals surface area contributed by atoms with E-state index in [-0.39, 0.29) is 10.6 Å². The number of nitrogens with one attached hydrogen (secondary N) is 2. The lowest BCUT2D eigenvalue weighted by molar-refractivity contribution is -0.384. The molecule has 1 saturated heterocycles. The first-order valence-electron chi connectivity index (χ1n) is 10.0. The molecule has 0 aliphatic carbocycles. The van der Waals surface area contributed by atoms with E-state index in [1.165, 1.54) is 16.4 Å². The maximum Gasteiger partial charge on any atom is 0.293 e. The molecule has 0 bridgehead atoms. The lowest BCUT2D eigenvalue weighted by atomic mass is 10.1. The minimum Gasteiger partial charge on any atom is -0.379 e. The lowest BCUT2D eigenvalue weighted by Gasteiger charge is -2.25. The molecule has 158 valence electrons. The first-order chi connectivity index (χ1) is 14.5. The topological polar surface area (TPSA) is 108 Å². The number of fused-ring (bicyclic) bond motifs is 1. The molecule has 2 aromatic carbocycles. The van der Waals surface area contributed by atoms with Crippen LogP contribution in [0.1, 0.15) is 24.8 Å². The van der Waals surface area contributed by atoms with Gasteiger partial charge in [-0.25, -0.2) is 8.42 Å². The number of sulfonamides is 1. The van der Waals surface area contributed by atoms with E-state index in [4.69, 9.17) is 0 Å². The van der Waals surface area contributed by atoms with Crippen molar-refractivity contribution in [3.63, 3.8) is 0 Å². The molecule has 0 unspecified atom stereocenters. The standard InChI is InChI=1S/C21H24N4O4S/c26-25(27)21-14-17(30(28,29)24-12-4-1-5-13-24)8-9-20(21)22-11-10-16-15-23-19-7-3-2-6-18(16)19/h2-3,6-9,14-15,22-23H,1,4-5,10-13H2. The Kier molecular flexibility index (Phi) is 5.74. The van der Waals surface area contributed by atoms with Gasteiger partial charge in [0.25, 0.3) is 5.69 Å². The first kappa shape index (κ1) is 20.4. The monoisotopic (exact) mass is 428 g/mol. The van der Waals surface area contributed by atoms with E-state index < -0.39 is 14.9 Å². The van der Waals surface area contributed by atoms with Crippen molar-refractivity contribution in [3.05, 3.63) is 64.3 Å². The summed E-state index contributed by atoms with van der Waals surface area (Å²) < 4.78 is 27.1. The number of piperidine rings is 1. The van der Waals surface area contributed by atoms with E-state index in [1.54, 1.807) is 0 Å². The molecule has 9 heteroatoms. The SMILES string of the molecule is O=[N+]([O-])c1cc(S(=O)(=O)N2CCCCC2)ccc1NCCc1c[nH]c2ccccc12. The normalized spacial score (nSPS) is 15.3. The number of benzene rings is 2. The number of H-pyrrole nitrogens is 1. The summed E-state index contributed by atoms with van der Waals surface area (Å²) in [6, 6.07) is 12.1. The van der Waals surface area contributed by atoms with Crippen LogP contribution in [0.2, 0.25) is 0 Å². The summed E-state index contributed by atoms with van der Waals surface area (Å²) in [6.45, 7) is 1.41. The van der Waals surface area contributed by atoms with Crippen LogP contribution in [-0.2, 0) is 16.4 Å². The molecule has 4 rings (SSSR count). The second kappa shape index (κ2) is 8.45. The summed E-state index contributed by atoms with van der Waals surface area (Å²) in [4.78, 5) is 14.2. The number of hydrogen-bond acceptors (Lipinski definition) is 5. The molecule has 30 heavy (non-hydrogen) atoms.